The normalized spacial score (nSPS) is 13.6. The van der Waals surface area contributed by atoms with E-state index < -0.39 is 11.2 Å². The van der Waals surface area contributed by atoms with Crippen LogP contribution in [0.4, 0.5) is 5.69 Å². The predicted molar refractivity (Wildman–Crippen MR) is 136 cm³/mol. The van der Waals surface area contributed by atoms with Gasteiger partial charge in [0.15, 0.2) is 5.16 Å². The zero-order valence-corrected chi connectivity index (χ0v) is 19.9. The van der Waals surface area contributed by atoms with E-state index in [1.54, 1.807) is 9.47 Å². The van der Waals surface area contributed by atoms with Crippen molar-refractivity contribution >= 4 is 40.2 Å². The smallest absolute Gasteiger partial charge is 0.335 e. The maximum atomic E-state index is 13.5. The number of carboxylic acids is 1. The molecule has 0 spiro atoms. The number of amides is 1. The molecular formula is C27H23N3O4S. The van der Waals surface area contributed by atoms with Crippen molar-refractivity contribution < 1.29 is 14.7 Å². The summed E-state index contributed by atoms with van der Waals surface area (Å²) in [6.07, 6.45) is 0.810. The molecule has 4 aromatic rings. The highest BCUT2D eigenvalue weighted by Gasteiger charge is 2.29. The predicted octanol–water partition coefficient (Wildman–Crippen LogP) is 4.21. The van der Waals surface area contributed by atoms with Crippen LogP contribution in [0.1, 0.15) is 28.4 Å². The van der Waals surface area contributed by atoms with E-state index in [4.69, 9.17) is 0 Å². The zero-order valence-electron chi connectivity index (χ0n) is 19.0. The first kappa shape index (κ1) is 22.9. The number of hydrogen-bond donors (Lipinski definition) is 1. The van der Waals surface area contributed by atoms with Gasteiger partial charge in [-0.3, -0.25) is 14.2 Å². The number of anilines is 1. The third kappa shape index (κ3) is 4.44. The van der Waals surface area contributed by atoms with E-state index in [0.717, 1.165) is 23.2 Å². The minimum absolute atomic E-state index is 0.0546. The second kappa shape index (κ2) is 9.38. The number of carbonyl (C=O) groups is 2. The van der Waals surface area contributed by atoms with Crippen molar-refractivity contribution in [3.8, 4) is 0 Å². The molecule has 8 heteroatoms. The molecule has 1 aliphatic rings. The van der Waals surface area contributed by atoms with Gasteiger partial charge in [-0.15, -0.1) is 0 Å². The van der Waals surface area contributed by atoms with Gasteiger partial charge in [0, 0.05) is 12.2 Å². The average molecular weight is 486 g/mol. The Morgan fingerprint density at radius 3 is 2.57 bits per heavy atom. The molecule has 3 aromatic carbocycles. The van der Waals surface area contributed by atoms with Crippen LogP contribution in [-0.2, 0) is 17.8 Å². The van der Waals surface area contributed by atoms with Crippen LogP contribution in [0.3, 0.4) is 0 Å². The molecule has 7 nitrogen and oxygen atoms in total. The Bertz CT molecular complexity index is 1500. The van der Waals surface area contributed by atoms with Crippen molar-refractivity contribution in [3.05, 3.63) is 99.8 Å². The summed E-state index contributed by atoms with van der Waals surface area (Å²) in [6, 6.07) is 21.7. The number of aromatic carboxylic acids is 1. The minimum Gasteiger partial charge on any atom is -0.478 e. The van der Waals surface area contributed by atoms with Crippen LogP contribution in [0.2, 0.25) is 0 Å². The first-order valence-electron chi connectivity index (χ1n) is 11.3. The minimum atomic E-state index is -1.09. The Labute approximate surface area is 206 Å². The van der Waals surface area contributed by atoms with Crippen molar-refractivity contribution in [1.82, 2.24) is 9.55 Å². The van der Waals surface area contributed by atoms with Crippen LogP contribution in [0.5, 0.6) is 0 Å². The summed E-state index contributed by atoms with van der Waals surface area (Å²) in [5.41, 5.74) is 3.07. The van der Waals surface area contributed by atoms with Gasteiger partial charge in [-0.1, -0.05) is 60.3 Å². The lowest BCUT2D eigenvalue weighted by molar-refractivity contribution is -0.117. The van der Waals surface area contributed by atoms with Gasteiger partial charge in [-0.05, 0) is 48.7 Å². The zero-order chi connectivity index (χ0) is 24.5. The first-order chi connectivity index (χ1) is 16.9. The molecule has 176 valence electrons. The fourth-order valence-electron chi connectivity index (χ4n) is 4.32. The molecule has 1 amide bonds. The highest BCUT2D eigenvalue weighted by atomic mass is 32.2. The lowest BCUT2D eigenvalue weighted by Gasteiger charge is -2.22. The Hall–Kier alpha value is -3.91. The van der Waals surface area contributed by atoms with E-state index in [1.165, 1.54) is 30.0 Å². The fraction of sp³-hybridized carbons (Fsp3) is 0.185. The molecule has 0 bridgehead atoms. The topological polar surface area (TPSA) is 92.5 Å². The van der Waals surface area contributed by atoms with Crippen LogP contribution in [0.25, 0.3) is 10.9 Å². The standard InChI is InChI=1S/C27H23N3O4S/c1-17(24(31)29-14-13-19-9-5-6-10-23(19)29)35-27-28-22-15-20(26(33)34)11-12-21(22)25(32)30(27)16-18-7-3-2-4-8-18/h2-12,15,17H,13-14,16H2,1H3,(H,33,34). The fourth-order valence-corrected chi connectivity index (χ4v) is 5.29. The van der Waals surface area contributed by atoms with Crippen LogP contribution >= 0.6 is 11.8 Å². The second-order valence-corrected chi connectivity index (χ2v) is 9.74. The summed E-state index contributed by atoms with van der Waals surface area (Å²) >= 11 is 1.22. The van der Waals surface area contributed by atoms with Crippen molar-refractivity contribution in [2.45, 2.75) is 30.3 Å². The van der Waals surface area contributed by atoms with Crippen LogP contribution < -0.4 is 10.5 Å². The summed E-state index contributed by atoms with van der Waals surface area (Å²) < 4.78 is 1.56. The van der Waals surface area contributed by atoms with Gasteiger partial charge in [-0.2, -0.15) is 0 Å². The van der Waals surface area contributed by atoms with Crippen molar-refractivity contribution in [2.24, 2.45) is 0 Å². The highest BCUT2D eigenvalue weighted by molar-refractivity contribution is 8.00. The number of rotatable bonds is 6. The third-order valence-electron chi connectivity index (χ3n) is 6.13. The number of carboxylic acid groups (broad SMARTS) is 1. The number of fused-ring (bicyclic) bond motifs is 2. The van der Waals surface area contributed by atoms with Crippen molar-refractivity contribution in [3.63, 3.8) is 0 Å². The summed E-state index contributed by atoms with van der Waals surface area (Å²) in [4.78, 5) is 44.8. The number of carbonyl (C=O) groups excluding carboxylic acids is 1. The molecule has 0 aliphatic carbocycles. The van der Waals surface area contributed by atoms with Gasteiger partial charge in [0.2, 0.25) is 5.91 Å². The van der Waals surface area contributed by atoms with E-state index in [0.29, 0.717) is 29.1 Å². The Balaban J connectivity index is 1.54. The molecular weight excluding hydrogens is 462 g/mol. The second-order valence-electron chi connectivity index (χ2n) is 8.44. The maximum Gasteiger partial charge on any atom is 0.335 e. The molecule has 1 atom stereocenters. The maximum absolute atomic E-state index is 13.5. The third-order valence-corrected chi connectivity index (χ3v) is 7.21. The van der Waals surface area contributed by atoms with Gasteiger partial charge in [0.1, 0.15) is 0 Å². The summed E-state index contributed by atoms with van der Waals surface area (Å²) in [6.45, 7) is 2.72. The lowest BCUT2D eigenvalue weighted by Crippen LogP contribution is -2.36. The number of hydrogen-bond acceptors (Lipinski definition) is 5. The van der Waals surface area contributed by atoms with Crippen LogP contribution in [-0.4, -0.2) is 38.3 Å². The Morgan fingerprint density at radius 2 is 1.80 bits per heavy atom. The van der Waals surface area contributed by atoms with Crippen LogP contribution in [0.15, 0.2) is 82.7 Å². The first-order valence-corrected chi connectivity index (χ1v) is 12.2. The summed E-state index contributed by atoms with van der Waals surface area (Å²) in [7, 11) is 0. The van der Waals surface area contributed by atoms with Gasteiger partial charge < -0.3 is 10.0 Å². The van der Waals surface area contributed by atoms with Crippen molar-refractivity contribution in [1.29, 1.82) is 0 Å². The number of para-hydroxylation sites is 1. The SMILES string of the molecule is CC(Sc1nc2cc(C(=O)O)ccc2c(=O)n1Cc1ccccc1)C(=O)N1CCc2ccccc21. The van der Waals surface area contributed by atoms with Crippen molar-refractivity contribution in [2.75, 3.05) is 11.4 Å². The summed E-state index contributed by atoms with van der Waals surface area (Å²) in [5.74, 6) is -1.15. The molecule has 0 saturated carbocycles. The quantitative estimate of drug-likeness (QED) is 0.325. The highest BCUT2D eigenvalue weighted by Crippen LogP contribution is 2.31. The monoisotopic (exact) mass is 485 g/mol. The van der Waals surface area contributed by atoms with E-state index in [1.807, 2.05) is 61.5 Å². The number of benzene rings is 3. The summed E-state index contributed by atoms with van der Waals surface area (Å²) in [5, 5.41) is 9.59. The molecule has 1 N–H and O–H groups in total. The number of aromatic nitrogens is 2. The molecule has 2 heterocycles. The van der Waals surface area contributed by atoms with Gasteiger partial charge >= 0.3 is 5.97 Å². The molecule has 1 aliphatic heterocycles. The molecule has 0 radical (unpaired) electrons. The lowest BCUT2D eigenvalue weighted by atomic mass is 10.1. The largest absolute Gasteiger partial charge is 0.478 e. The van der Waals surface area contributed by atoms with E-state index in [2.05, 4.69) is 4.98 Å². The Morgan fingerprint density at radius 1 is 1.06 bits per heavy atom. The van der Waals surface area contributed by atoms with E-state index in [9.17, 15) is 19.5 Å². The Kier molecular flexibility index (Phi) is 6.13. The van der Waals surface area contributed by atoms with E-state index in [-0.39, 0.29) is 17.0 Å². The van der Waals surface area contributed by atoms with Gasteiger partial charge in [0.05, 0.1) is 28.3 Å². The number of thioether (sulfide) groups is 1. The molecule has 5 rings (SSSR count). The molecule has 1 unspecified atom stereocenters. The van der Waals surface area contributed by atoms with Gasteiger partial charge in [0.25, 0.3) is 5.56 Å². The molecule has 1 aromatic heterocycles. The average Bonchev–Trinajstić information content (AvgIpc) is 3.30. The number of nitrogens with zero attached hydrogens (tertiary/aromatic N) is 3. The van der Waals surface area contributed by atoms with Crippen LogP contribution in [0, 0.1) is 0 Å². The van der Waals surface area contributed by atoms with Gasteiger partial charge in [-0.25, -0.2) is 9.78 Å². The molecule has 35 heavy (non-hydrogen) atoms. The molecule has 0 saturated heterocycles. The molecule has 0 fully saturated rings. The van der Waals surface area contributed by atoms with E-state index >= 15 is 0 Å².